The normalized spacial score (nSPS) is 18.5. The van der Waals surface area contributed by atoms with Gasteiger partial charge in [0, 0.05) is 47.5 Å². The van der Waals surface area contributed by atoms with Crippen molar-refractivity contribution in [3.8, 4) is 5.69 Å². The molecule has 0 radical (unpaired) electrons. The number of nitrogens with one attached hydrogen (secondary N) is 1. The highest BCUT2D eigenvalue weighted by Crippen LogP contribution is 2.43. The molecule has 7 heteroatoms. The maximum Gasteiger partial charge on any atom is 0.170 e. The van der Waals surface area contributed by atoms with Crippen molar-refractivity contribution in [3.05, 3.63) is 81.9 Å². The molecule has 2 aromatic heterocycles. The predicted molar refractivity (Wildman–Crippen MR) is 129 cm³/mol. The molecule has 1 aliphatic rings. The standard InChI is InChI=1S/C24H27ClN4OS/c1-15-16(2)29(19-9-7-8-18(25)14-19)17(3)21(15)23-22(20-10-5-6-11-26-20)27-24(31)28(23)12-13-30-4/h5-11,14,22-23H,12-13H2,1-4H3,(H,27,31)/t22-,23-/m0/s1. The molecule has 0 spiro atoms. The summed E-state index contributed by atoms with van der Waals surface area (Å²) < 4.78 is 7.66. The quantitative estimate of drug-likeness (QED) is 0.526. The van der Waals surface area contributed by atoms with Gasteiger partial charge in [-0.25, -0.2) is 0 Å². The monoisotopic (exact) mass is 454 g/mol. The van der Waals surface area contributed by atoms with Gasteiger partial charge < -0.3 is 19.5 Å². The Bertz CT molecular complexity index is 1100. The molecule has 5 nitrogen and oxygen atoms in total. The van der Waals surface area contributed by atoms with E-state index >= 15 is 0 Å². The van der Waals surface area contributed by atoms with Gasteiger partial charge in [-0.15, -0.1) is 0 Å². The van der Waals surface area contributed by atoms with E-state index in [4.69, 9.17) is 28.6 Å². The molecular formula is C24H27ClN4OS. The lowest BCUT2D eigenvalue weighted by Crippen LogP contribution is -2.33. The highest BCUT2D eigenvalue weighted by molar-refractivity contribution is 7.80. The summed E-state index contributed by atoms with van der Waals surface area (Å²) in [6, 6.07) is 13.9. The lowest BCUT2D eigenvalue weighted by molar-refractivity contribution is 0.164. The van der Waals surface area contributed by atoms with Crippen molar-refractivity contribution in [2.45, 2.75) is 32.9 Å². The van der Waals surface area contributed by atoms with Gasteiger partial charge in [0.05, 0.1) is 24.4 Å². The zero-order valence-corrected chi connectivity index (χ0v) is 19.8. The average Bonchev–Trinajstić information content (AvgIpc) is 3.19. The number of thiocarbonyl (C=S) groups is 1. The fraction of sp³-hybridized carbons (Fsp3) is 0.333. The van der Waals surface area contributed by atoms with Crippen molar-refractivity contribution in [1.82, 2.24) is 19.8 Å². The van der Waals surface area contributed by atoms with Crippen LogP contribution in [0.3, 0.4) is 0 Å². The van der Waals surface area contributed by atoms with E-state index in [9.17, 15) is 0 Å². The number of halogens is 1. The van der Waals surface area contributed by atoms with E-state index in [-0.39, 0.29) is 12.1 Å². The molecule has 0 aliphatic carbocycles. The molecule has 2 atom stereocenters. The molecule has 31 heavy (non-hydrogen) atoms. The first-order chi connectivity index (χ1) is 14.9. The van der Waals surface area contributed by atoms with Crippen molar-refractivity contribution < 1.29 is 4.74 Å². The van der Waals surface area contributed by atoms with Crippen LogP contribution < -0.4 is 5.32 Å². The summed E-state index contributed by atoms with van der Waals surface area (Å²) in [7, 11) is 1.72. The van der Waals surface area contributed by atoms with Crippen LogP contribution >= 0.6 is 23.8 Å². The summed E-state index contributed by atoms with van der Waals surface area (Å²) in [5.74, 6) is 0. The molecule has 1 N–H and O–H groups in total. The van der Waals surface area contributed by atoms with Crippen molar-refractivity contribution in [3.63, 3.8) is 0 Å². The molecule has 0 saturated carbocycles. The van der Waals surface area contributed by atoms with Crippen LogP contribution in [0.5, 0.6) is 0 Å². The van der Waals surface area contributed by atoms with Gasteiger partial charge in [-0.3, -0.25) is 4.98 Å². The summed E-state index contributed by atoms with van der Waals surface area (Å²) in [5.41, 5.74) is 6.91. The number of hydrogen-bond donors (Lipinski definition) is 1. The number of hydrogen-bond acceptors (Lipinski definition) is 3. The summed E-state index contributed by atoms with van der Waals surface area (Å²) in [6.45, 7) is 7.81. The summed E-state index contributed by atoms with van der Waals surface area (Å²) in [5, 5.41) is 4.97. The molecule has 1 saturated heterocycles. The van der Waals surface area contributed by atoms with E-state index in [0.29, 0.717) is 13.2 Å². The zero-order valence-electron chi connectivity index (χ0n) is 18.2. The summed E-state index contributed by atoms with van der Waals surface area (Å²) >= 11 is 12.1. The maximum absolute atomic E-state index is 6.31. The van der Waals surface area contributed by atoms with E-state index < -0.39 is 0 Å². The van der Waals surface area contributed by atoms with Crippen molar-refractivity contribution in [1.29, 1.82) is 0 Å². The molecule has 0 unspecified atom stereocenters. The molecule has 162 valence electrons. The van der Waals surface area contributed by atoms with Crippen molar-refractivity contribution in [2.24, 2.45) is 0 Å². The van der Waals surface area contributed by atoms with Crippen LogP contribution in [0.1, 0.15) is 40.3 Å². The lowest BCUT2D eigenvalue weighted by atomic mass is 9.93. The minimum atomic E-state index is -0.0439. The zero-order chi connectivity index (χ0) is 22.1. The predicted octanol–water partition coefficient (Wildman–Crippen LogP) is 5.07. The van der Waals surface area contributed by atoms with Crippen LogP contribution in [0.2, 0.25) is 5.02 Å². The van der Waals surface area contributed by atoms with Crippen LogP contribution in [0, 0.1) is 20.8 Å². The number of aromatic nitrogens is 2. The first kappa shape index (κ1) is 21.8. The van der Waals surface area contributed by atoms with E-state index in [1.165, 1.54) is 22.5 Å². The molecule has 3 heterocycles. The third-order valence-electron chi connectivity index (χ3n) is 6.10. The number of pyridine rings is 1. The molecule has 0 bridgehead atoms. The van der Waals surface area contributed by atoms with Gasteiger partial charge >= 0.3 is 0 Å². The second kappa shape index (κ2) is 8.99. The van der Waals surface area contributed by atoms with Crippen LogP contribution in [-0.2, 0) is 4.74 Å². The van der Waals surface area contributed by atoms with E-state index in [0.717, 1.165) is 21.5 Å². The van der Waals surface area contributed by atoms with Crippen LogP contribution in [0.4, 0.5) is 0 Å². The maximum atomic E-state index is 6.31. The second-order valence-electron chi connectivity index (χ2n) is 7.84. The number of benzene rings is 1. The summed E-state index contributed by atoms with van der Waals surface area (Å²) in [4.78, 5) is 6.87. The van der Waals surface area contributed by atoms with E-state index in [2.05, 4.69) is 52.7 Å². The summed E-state index contributed by atoms with van der Waals surface area (Å²) in [6.07, 6.45) is 1.83. The molecule has 0 amide bonds. The van der Waals surface area contributed by atoms with Crippen LogP contribution in [-0.4, -0.2) is 39.8 Å². The molecule has 1 aliphatic heterocycles. The minimum Gasteiger partial charge on any atom is -0.383 e. The van der Waals surface area contributed by atoms with Gasteiger partial charge in [-0.05, 0) is 68.9 Å². The molecule has 1 fully saturated rings. The number of nitrogens with zero attached hydrogens (tertiary/aromatic N) is 3. The van der Waals surface area contributed by atoms with Gasteiger partial charge in [0.1, 0.15) is 0 Å². The highest BCUT2D eigenvalue weighted by Gasteiger charge is 2.42. The second-order valence-corrected chi connectivity index (χ2v) is 8.66. The Morgan fingerprint density at radius 2 is 1.94 bits per heavy atom. The Kier molecular flexibility index (Phi) is 6.32. The smallest absolute Gasteiger partial charge is 0.170 e. The van der Waals surface area contributed by atoms with Crippen LogP contribution in [0.15, 0.2) is 48.7 Å². The SMILES string of the molecule is COCCN1C(=S)N[C@@H](c2ccccn2)[C@@H]1c1c(C)c(C)n(-c2cccc(Cl)c2)c1C. The van der Waals surface area contributed by atoms with Crippen molar-refractivity contribution in [2.75, 3.05) is 20.3 Å². The van der Waals surface area contributed by atoms with E-state index in [1.54, 1.807) is 7.11 Å². The molecule has 4 rings (SSSR count). The Morgan fingerprint density at radius 1 is 1.13 bits per heavy atom. The fourth-order valence-corrected chi connectivity index (χ4v) is 5.11. The fourth-order valence-electron chi connectivity index (χ4n) is 4.59. The Labute approximate surface area is 194 Å². The largest absolute Gasteiger partial charge is 0.383 e. The Balaban J connectivity index is 1.88. The third-order valence-corrected chi connectivity index (χ3v) is 6.69. The molecule has 1 aromatic carbocycles. The number of methoxy groups -OCH3 is 1. The minimum absolute atomic E-state index is 0.0108. The molecular weight excluding hydrogens is 428 g/mol. The lowest BCUT2D eigenvalue weighted by Gasteiger charge is -2.28. The Morgan fingerprint density at radius 3 is 2.61 bits per heavy atom. The van der Waals surface area contributed by atoms with Crippen molar-refractivity contribution >= 4 is 28.9 Å². The molecule has 3 aromatic rings. The van der Waals surface area contributed by atoms with Gasteiger partial charge in [0.25, 0.3) is 0 Å². The first-order valence-corrected chi connectivity index (χ1v) is 11.1. The van der Waals surface area contributed by atoms with E-state index in [1.807, 2.05) is 36.5 Å². The van der Waals surface area contributed by atoms with Crippen LogP contribution in [0.25, 0.3) is 5.69 Å². The number of ether oxygens (including phenoxy) is 1. The third kappa shape index (κ3) is 3.95. The average molecular weight is 455 g/mol. The van der Waals surface area contributed by atoms with Gasteiger partial charge in [-0.2, -0.15) is 0 Å². The topological polar surface area (TPSA) is 42.3 Å². The number of rotatable bonds is 6. The van der Waals surface area contributed by atoms with Gasteiger partial charge in [0.15, 0.2) is 5.11 Å². The van der Waals surface area contributed by atoms with Gasteiger partial charge in [0.2, 0.25) is 0 Å². The Hall–Kier alpha value is -2.41. The van der Waals surface area contributed by atoms with Gasteiger partial charge in [-0.1, -0.05) is 23.7 Å². The first-order valence-electron chi connectivity index (χ1n) is 10.4. The highest BCUT2D eigenvalue weighted by atomic mass is 35.5.